The predicted molar refractivity (Wildman–Crippen MR) is 84.4 cm³/mol. The average Bonchev–Trinajstić information content (AvgIpc) is 3.00. The van der Waals surface area contributed by atoms with Crippen molar-refractivity contribution in [3.63, 3.8) is 0 Å². The summed E-state index contributed by atoms with van der Waals surface area (Å²) in [6, 6.07) is 10.6. The SMILES string of the molecule is OCCCC1CCCN1c1nc(CO)cc2ccccc12. The Kier molecular flexibility index (Phi) is 4.36. The molecular formula is C17H22N2O2. The van der Waals surface area contributed by atoms with Crippen molar-refractivity contribution in [3.8, 4) is 0 Å². The van der Waals surface area contributed by atoms with Crippen LogP contribution in [-0.4, -0.2) is 34.4 Å². The van der Waals surface area contributed by atoms with E-state index < -0.39 is 0 Å². The van der Waals surface area contributed by atoms with E-state index in [0.29, 0.717) is 6.04 Å². The largest absolute Gasteiger partial charge is 0.396 e. The van der Waals surface area contributed by atoms with Crippen molar-refractivity contribution in [1.82, 2.24) is 4.98 Å². The van der Waals surface area contributed by atoms with Crippen LogP contribution in [0.15, 0.2) is 30.3 Å². The maximum atomic E-state index is 9.46. The van der Waals surface area contributed by atoms with Gasteiger partial charge in [-0.3, -0.25) is 0 Å². The lowest BCUT2D eigenvalue weighted by Crippen LogP contribution is -2.30. The summed E-state index contributed by atoms with van der Waals surface area (Å²) in [7, 11) is 0. The first-order valence-corrected chi connectivity index (χ1v) is 7.70. The first kappa shape index (κ1) is 14.3. The third kappa shape index (κ3) is 2.87. The summed E-state index contributed by atoms with van der Waals surface area (Å²) in [4.78, 5) is 7.03. The second-order valence-electron chi connectivity index (χ2n) is 5.67. The molecule has 1 aromatic carbocycles. The fraction of sp³-hybridized carbons (Fsp3) is 0.471. The van der Waals surface area contributed by atoms with Gasteiger partial charge < -0.3 is 15.1 Å². The minimum absolute atomic E-state index is 0.0347. The number of anilines is 1. The Morgan fingerprint density at radius 3 is 2.90 bits per heavy atom. The van der Waals surface area contributed by atoms with Crippen molar-refractivity contribution in [2.45, 2.75) is 38.3 Å². The molecule has 1 unspecified atom stereocenters. The molecule has 0 bridgehead atoms. The van der Waals surface area contributed by atoms with E-state index in [0.717, 1.165) is 54.5 Å². The normalized spacial score (nSPS) is 18.6. The number of aliphatic hydroxyl groups excluding tert-OH is 2. The van der Waals surface area contributed by atoms with Crippen molar-refractivity contribution < 1.29 is 10.2 Å². The second-order valence-corrected chi connectivity index (χ2v) is 5.67. The first-order valence-electron chi connectivity index (χ1n) is 7.70. The fourth-order valence-electron chi connectivity index (χ4n) is 3.28. The lowest BCUT2D eigenvalue weighted by atomic mass is 10.1. The van der Waals surface area contributed by atoms with Gasteiger partial charge in [0.2, 0.25) is 0 Å². The Balaban J connectivity index is 2.01. The average molecular weight is 286 g/mol. The summed E-state index contributed by atoms with van der Waals surface area (Å²) in [6.07, 6.45) is 4.14. The first-order chi connectivity index (χ1) is 10.3. The molecular weight excluding hydrogens is 264 g/mol. The minimum atomic E-state index is -0.0347. The Morgan fingerprint density at radius 2 is 2.10 bits per heavy atom. The minimum Gasteiger partial charge on any atom is -0.396 e. The van der Waals surface area contributed by atoms with E-state index in [2.05, 4.69) is 22.0 Å². The summed E-state index contributed by atoms with van der Waals surface area (Å²) in [6.45, 7) is 1.21. The maximum Gasteiger partial charge on any atom is 0.137 e. The van der Waals surface area contributed by atoms with E-state index in [-0.39, 0.29) is 13.2 Å². The summed E-state index contributed by atoms with van der Waals surface area (Å²) in [5.41, 5.74) is 0.719. The van der Waals surface area contributed by atoms with Crippen molar-refractivity contribution in [3.05, 3.63) is 36.0 Å². The monoisotopic (exact) mass is 286 g/mol. The number of nitrogens with zero attached hydrogens (tertiary/aromatic N) is 2. The molecule has 1 aliphatic heterocycles. The van der Waals surface area contributed by atoms with Crippen molar-refractivity contribution in [1.29, 1.82) is 0 Å². The summed E-state index contributed by atoms with van der Waals surface area (Å²) < 4.78 is 0. The highest BCUT2D eigenvalue weighted by atomic mass is 16.3. The number of rotatable bonds is 5. The molecule has 3 rings (SSSR count). The molecule has 0 radical (unpaired) electrons. The van der Waals surface area contributed by atoms with E-state index in [1.54, 1.807) is 0 Å². The zero-order valence-electron chi connectivity index (χ0n) is 12.2. The van der Waals surface area contributed by atoms with Crippen LogP contribution in [0.1, 0.15) is 31.4 Å². The summed E-state index contributed by atoms with van der Waals surface area (Å²) in [5.74, 6) is 0.984. The molecule has 0 spiro atoms. The molecule has 1 fully saturated rings. The van der Waals surface area contributed by atoms with Gasteiger partial charge >= 0.3 is 0 Å². The number of aliphatic hydroxyl groups is 2. The van der Waals surface area contributed by atoms with Gasteiger partial charge in [-0.15, -0.1) is 0 Å². The number of hydrogen-bond donors (Lipinski definition) is 2. The number of aromatic nitrogens is 1. The van der Waals surface area contributed by atoms with Gasteiger partial charge in [-0.1, -0.05) is 24.3 Å². The topological polar surface area (TPSA) is 56.6 Å². The van der Waals surface area contributed by atoms with Gasteiger partial charge in [0, 0.05) is 24.6 Å². The van der Waals surface area contributed by atoms with Crippen LogP contribution in [0.5, 0.6) is 0 Å². The third-order valence-corrected chi connectivity index (χ3v) is 4.28. The predicted octanol–water partition coefficient (Wildman–Crippen LogP) is 2.47. The van der Waals surface area contributed by atoms with Gasteiger partial charge in [0.05, 0.1) is 12.3 Å². The van der Waals surface area contributed by atoms with Crippen LogP contribution in [0, 0.1) is 0 Å². The highest BCUT2D eigenvalue weighted by Gasteiger charge is 2.26. The molecule has 21 heavy (non-hydrogen) atoms. The molecule has 1 atom stereocenters. The highest BCUT2D eigenvalue weighted by molar-refractivity contribution is 5.92. The van der Waals surface area contributed by atoms with E-state index in [1.807, 2.05) is 18.2 Å². The van der Waals surface area contributed by atoms with Crippen molar-refractivity contribution in [2.24, 2.45) is 0 Å². The fourth-order valence-corrected chi connectivity index (χ4v) is 3.28. The molecule has 4 nitrogen and oxygen atoms in total. The molecule has 1 aliphatic rings. The standard InChI is InChI=1S/C17H22N2O2/c20-10-4-7-15-6-3-9-19(15)17-16-8-2-1-5-13(16)11-14(12-21)18-17/h1-2,5,8,11,15,20-21H,3-4,6-7,9-10,12H2. The lowest BCUT2D eigenvalue weighted by Gasteiger charge is -2.27. The highest BCUT2D eigenvalue weighted by Crippen LogP contribution is 2.32. The third-order valence-electron chi connectivity index (χ3n) is 4.28. The molecule has 1 saturated heterocycles. The van der Waals surface area contributed by atoms with E-state index >= 15 is 0 Å². The van der Waals surface area contributed by atoms with Crippen molar-refractivity contribution >= 4 is 16.6 Å². The van der Waals surface area contributed by atoms with E-state index in [9.17, 15) is 5.11 Å². The van der Waals surface area contributed by atoms with Gasteiger partial charge in [0.25, 0.3) is 0 Å². The van der Waals surface area contributed by atoms with E-state index in [4.69, 9.17) is 5.11 Å². The van der Waals surface area contributed by atoms with Crippen LogP contribution in [0.3, 0.4) is 0 Å². The smallest absolute Gasteiger partial charge is 0.137 e. The summed E-state index contributed by atoms with van der Waals surface area (Å²) >= 11 is 0. The maximum absolute atomic E-state index is 9.46. The molecule has 2 aromatic rings. The Labute approximate surface area is 125 Å². The van der Waals surface area contributed by atoms with Crippen LogP contribution in [0.4, 0.5) is 5.82 Å². The van der Waals surface area contributed by atoms with Gasteiger partial charge in [0.15, 0.2) is 0 Å². The van der Waals surface area contributed by atoms with Crippen LogP contribution in [0.2, 0.25) is 0 Å². The summed E-state index contributed by atoms with van der Waals surface area (Å²) in [5, 5.41) is 20.8. The molecule has 0 saturated carbocycles. The number of hydrogen-bond acceptors (Lipinski definition) is 4. The Bertz CT molecular complexity index is 615. The number of pyridine rings is 1. The Hall–Kier alpha value is -1.65. The number of fused-ring (bicyclic) bond motifs is 1. The van der Waals surface area contributed by atoms with Crippen molar-refractivity contribution in [2.75, 3.05) is 18.1 Å². The van der Waals surface area contributed by atoms with Crippen LogP contribution < -0.4 is 4.90 Å². The van der Waals surface area contributed by atoms with Gasteiger partial charge in [-0.25, -0.2) is 4.98 Å². The lowest BCUT2D eigenvalue weighted by molar-refractivity contribution is 0.276. The number of benzene rings is 1. The molecule has 4 heteroatoms. The molecule has 2 heterocycles. The molecule has 2 N–H and O–H groups in total. The van der Waals surface area contributed by atoms with Crippen LogP contribution >= 0.6 is 0 Å². The van der Waals surface area contributed by atoms with Crippen LogP contribution in [0.25, 0.3) is 10.8 Å². The molecule has 0 aliphatic carbocycles. The van der Waals surface area contributed by atoms with E-state index in [1.165, 1.54) is 0 Å². The quantitative estimate of drug-likeness (QED) is 0.886. The molecule has 0 amide bonds. The molecule has 1 aromatic heterocycles. The van der Waals surface area contributed by atoms with Gasteiger partial charge in [-0.2, -0.15) is 0 Å². The second kappa shape index (κ2) is 6.41. The molecule has 112 valence electrons. The zero-order chi connectivity index (χ0) is 14.7. The Morgan fingerprint density at radius 1 is 1.24 bits per heavy atom. The van der Waals surface area contributed by atoms with Gasteiger partial charge in [-0.05, 0) is 37.1 Å². The van der Waals surface area contributed by atoms with Gasteiger partial charge in [0.1, 0.15) is 5.82 Å². The zero-order valence-corrected chi connectivity index (χ0v) is 12.2. The van der Waals surface area contributed by atoms with Crippen LogP contribution in [-0.2, 0) is 6.61 Å².